The number of halogens is 1. The van der Waals surface area contributed by atoms with Gasteiger partial charge in [-0.1, -0.05) is 0 Å². The van der Waals surface area contributed by atoms with E-state index >= 15 is 0 Å². The van der Waals surface area contributed by atoms with Crippen molar-refractivity contribution in [3.8, 4) is 11.8 Å². The van der Waals surface area contributed by atoms with Crippen LogP contribution in [-0.4, -0.2) is 87.9 Å². The Morgan fingerprint density at radius 2 is 1.22 bits per heavy atom. The minimum Gasteiger partial charge on any atom is -0.468 e. The molecule has 3 aromatic heterocycles. The van der Waals surface area contributed by atoms with Crippen molar-refractivity contribution >= 4 is 17.1 Å². The monoisotopic (exact) mass is 578 g/mol. The second-order valence-corrected chi connectivity index (χ2v) is 8.30. The van der Waals surface area contributed by atoms with Gasteiger partial charge < -0.3 is 34.5 Å². The second-order valence-electron chi connectivity index (χ2n) is 8.30. The number of nitrogen functional groups attached to an aromatic ring is 1. The first-order valence-corrected chi connectivity index (χ1v) is 12.0. The zero-order valence-corrected chi connectivity index (χ0v) is 21.5. The lowest BCUT2D eigenvalue weighted by molar-refractivity contribution is -0.388. The van der Waals surface area contributed by atoms with Gasteiger partial charge in [0.1, 0.15) is 18.3 Å². The number of nitrogens with zero attached hydrogens (tertiary/aromatic N) is 5. The van der Waals surface area contributed by atoms with Crippen LogP contribution in [0, 0.1) is 26.2 Å². The smallest absolute Gasteiger partial charge is 0.330 e. The van der Waals surface area contributed by atoms with Crippen molar-refractivity contribution < 1.29 is 43.0 Å². The number of hydrogen-bond donors (Lipinski definition) is 2. The van der Waals surface area contributed by atoms with Crippen LogP contribution in [0.2, 0.25) is 0 Å². The van der Waals surface area contributed by atoms with Crippen LogP contribution >= 0.6 is 0 Å². The molecule has 6 rings (SSSR count). The maximum Gasteiger partial charge on any atom is 0.330 e. The predicted octanol–water partition coefficient (Wildman–Crippen LogP) is 1.72. The Bertz CT molecular complexity index is 1280. The number of anilines is 1. The molecule has 0 bridgehead atoms. The number of nitro groups is 2. The van der Waals surface area contributed by atoms with Crippen molar-refractivity contribution in [2.75, 3.05) is 45.4 Å². The Morgan fingerprint density at radius 1 is 0.780 bits per heavy atom. The molecule has 0 radical (unpaired) electrons. The van der Waals surface area contributed by atoms with Gasteiger partial charge in [-0.3, -0.25) is 20.2 Å². The summed E-state index contributed by atoms with van der Waals surface area (Å²) in [6.07, 6.45) is 4.14. The molecule has 0 atom stereocenters. The summed E-state index contributed by atoms with van der Waals surface area (Å²) in [5, 5.41) is 28.8. The number of aromatic nitrogens is 3. The molecule has 0 spiro atoms. The van der Waals surface area contributed by atoms with Crippen LogP contribution in [0.3, 0.4) is 0 Å². The number of aliphatic hydroxyl groups is 1. The van der Waals surface area contributed by atoms with Crippen molar-refractivity contribution in [3.05, 3.63) is 81.2 Å². The first-order valence-electron chi connectivity index (χ1n) is 12.0. The number of rotatable bonds is 6. The molecule has 0 aromatic carbocycles. The Balaban J connectivity index is 0.000000158. The van der Waals surface area contributed by atoms with Gasteiger partial charge in [-0.25, -0.2) is 15.0 Å². The van der Waals surface area contributed by atoms with Crippen LogP contribution in [0.15, 0.2) is 55.0 Å². The van der Waals surface area contributed by atoms with E-state index in [-0.39, 0.29) is 29.9 Å². The fourth-order valence-corrected chi connectivity index (χ4v) is 2.73. The van der Waals surface area contributed by atoms with Crippen molar-refractivity contribution in [3.63, 3.8) is 0 Å². The standard InChI is InChI=1S/C8H8N2O4.C8H10N2O2.C5H3FN2O2.C3H6O2/c11-10(12)7-2-1-3-9-8(7)14-6-4-13-5-6;9-7-2-1-3-10-8(7)12-6-4-11-5-6;6-5-4(8(9)10)2-1-3-7-5;4-3-1-5-2-3/h1-3,6H,4-5H2;1-3,6H,4-5,9H2;1-3H;3-4H,1-2H2. The highest BCUT2D eigenvalue weighted by atomic mass is 19.1. The van der Waals surface area contributed by atoms with Gasteiger partial charge in [0.15, 0.2) is 0 Å². The molecular formula is C24H27FN6O10. The average molecular weight is 579 g/mol. The van der Waals surface area contributed by atoms with Crippen LogP contribution in [-0.2, 0) is 14.2 Å². The normalized spacial score (nSPS) is 15.9. The fraction of sp³-hybridized carbons (Fsp3) is 0.375. The molecule has 220 valence electrons. The summed E-state index contributed by atoms with van der Waals surface area (Å²) in [5.41, 5.74) is 5.49. The van der Waals surface area contributed by atoms with E-state index in [1.165, 1.54) is 24.4 Å². The summed E-state index contributed by atoms with van der Waals surface area (Å²) in [6.45, 7) is 3.29. The lowest BCUT2D eigenvalue weighted by atomic mass is 10.3. The van der Waals surface area contributed by atoms with E-state index in [0.717, 1.165) is 12.3 Å². The molecule has 6 heterocycles. The minimum atomic E-state index is -1.05. The molecule has 16 nitrogen and oxygen atoms in total. The van der Waals surface area contributed by atoms with Gasteiger partial charge in [-0.2, -0.15) is 4.39 Å². The highest BCUT2D eigenvalue weighted by Crippen LogP contribution is 2.25. The summed E-state index contributed by atoms with van der Waals surface area (Å²) in [4.78, 5) is 30.1. The Labute approximate surface area is 232 Å². The van der Waals surface area contributed by atoms with E-state index in [9.17, 15) is 24.6 Å². The first-order chi connectivity index (χ1) is 19.7. The van der Waals surface area contributed by atoms with Gasteiger partial charge in [-0.15, -0.1) is 0 Å². The van der Waals surface area contributed by atoms with Gasteiger partial charge >= 0.3 is 11.4 Å². The Morgan fingerprint density at radius 3 is 1.61 bits per heavy atom. The third-order valence-corrected chi connectivity index (χ3v) is 5.08. The summed E-state index contributed by atoms with van der Waals surface area (Å²) in [6, 6.07) is 8.77. The zero-order chi connectivity index (χ0) is 29.6. The minimum absolute atomic E-state index is 0.0609. The zero-order valence-electron chi connectivity index (χ0n) is 21.5. The number of pyridine rings is 3. The molecule has 41 heavy (non-hydrogen) atoms. The van der Waals surface area contributed by atoms with E-state index in [2.05, 4.69) is 19.7 Å². The highest BCUT2D eigenvalue weighted by molar-refractivity contribution is 5.47. The molecule has 3 aliphatic rings. The molecule has 3 saturated heterocycles. The maximum absolute atomic E-state index is 12.3. The van der Waals surface area contributed by atoms with E-state index in [1.54, 1.807) is 18.3 Å². The molecule has 0 unspecified atom stereocenters. The van der Waals surface area contributed by atoms with Crippen molar-refractivity contribution in [1.82, 2.24) is 15.0 Å². The molecule has 3 N–H and O–H groups in total. The Kier molecular flexibility index (Phi) is 12.0. The average Bonchev–Trinajstić information content (AvgIpc) is 2.89. The van der Waals surface area contributed by atoms with Crippen molar-refractivity contribution in [1.29, 1.82) is 0 Å². The number of aliphatic hydroxyl groups excluding tert-OH is 1. The van der Waals surface area contributed by atoms with Gasteiger partial charge in [0.05, 0.1) is 55.2 Å². The highest BCUT2D eigenvalue weighted by Gasteiger charge is 2.25. The molecule has 17 heteroatoms. The van der Waals surface area contributed by atoms with Gasteiger partial charge in [0.2, 0.25) is 5.88 Å². The van der Waals surface area contributed by atoms with E-state index in [4.69, 9.17) is 29.8 Å². The lowest BCUT2D eigenvalue weighted by Crippen LogP contribution is -2.38. The summed E-state index contributed by atoms with van der Waals surface area (Å²) in [7, 11) is 0. The van der Waals surface area contributed by atoms with Crippen molar-refractivity contribution in [2.24, 2.45) is 0 Å². The number of nitrogens with two attached hydrogens (primary N) is 1. The van der Waals surface area contributed by atoms with Crippen LogP contribution < -0.4 is 15.2 Å². The fourth-order valence-electron chi connectivity index (χ4n) is 2.73. The van der Waals surface area contributed by atoms with E-state index in [0.29, 0.717) is 51.2 Å². The van der Waals surface area contributed by atoms with E-state index in [1.807, 2.05) is 0 Å². The molecule has 3 aromatic rings. The van der Waals surface area contributed by atoms with Crippen LogP contribution in [0.25, 0.3) is 0 Å². The number of ether oxygens (including phenoxy) is 5. The van der Waals surface area contributed by atoms with Crippen molar-refractivity contribution in [2.45, 2.75) is 18.3 Å². The molecule has 0 saturated carbocycles. The maximum atomic E-state index is 12.3. The molecule has 3 aliphatic heterocycles. The third kappa shape index (κ3) is 10.2. The molecule has 3 fully saturated rings. The molecule has 0 amide bonds. The summed E-state index contributed by atoms with van der Waals surface area (Å²) in [5.74, 6) is -0.482. The summed E-state index contributed by atoms with van der Waals surface area (Å²) >= 11 is 0. The van der Waals surface area contributed by atoms with Crippen LogP contribution in [0.5, 0.6) is 11.8 Å². The van der Waals surface area contributed by atoms with Gasteiger partial charge in [-0.05, 0) is 24.3 Å². The SMILES string of the molecule is Nc1cccnc1OC1COC1.O=[N+]([O-])c1cccnc1F.O=[N+]([O-])c1cccnc1OC1COC1.OC1COC1. The predicted molar refractivity (Wildman–Crippen MR) is 138 cm³/mol. The topological polar surface area (TPSA) is 217 Å². The molecular weight excluding hydrogens is 551 g/mol. The van der Waals surface area contributed by atoms with Crippen LogP contribution in [0.1, 0.15) is 0 Å². The largest absolute Gasteiger partial charge is 0.468 e. The summed E-state index contributed by atoms with van der Waals surface area (Å²) < 4.78 is 37.4. The van der Waals surface area contributed by atoms with Gasteiger partial charge in [0.25, 0.3) is 11.8 Å². The lowest BCUT2D eigenvalue weighted by Gasteiger charge is -2.26. The van der Waals surface area contributed by atoms with Gasteiger partial charge in [0, 0.05) is 30.7 Å². The first kappa shape index (κ1) is 31.0. The quantitative estimate of drug-likeness (QED) is 0.242. The number of hydrogen-bond acceptors (Lipinski definition) is 14. The Hall–Kier alpha value is -4.58. The second kappa shape index (κ2) is 15.9. The van der Waals surface area contributed by atoms with E-state index < -0.39 is 21.5 Å². The van der Waals surface area contributed by atoms with Crippen LogP contribution in [0.4, 0.5) is 21.5 Å². The molecule has 0 aliphatic carbocycles. The third-order valence-electron chi connectivity index (χ3n) is 5.08.